The molecule has 0 amide bonds. The summed E-state index contributed by atoms with van der Waals surface area (Å²) in [5.41, 5.74) is 1.91. The summed E-state index contributed by atoms with van der Waals surface area (Å²) >= 11 is 0. The Morgan fingerprint density at radius 2 is 1.84 bits per heavy atom. The Morgan fingerprint density at radius 3 is 2.42 bits per heavy atom. The van der Waals surface area contributed by atoms with Crippen LogP contribution in [0.2, 0.25) is 0 Å². The molecule has 0 saturated heterocycles. The van der Waals surface area contributed by atoms with E-state index in [-0.39, 0.29) is 17.2 Å². The van der Waals surface area contributed by atoms with Crippen molar-refractivity contribution in [2.24, 2.45) is 0 Å². The number of hydrogen-bond donors (Lipinski definition) is 1. The van der Waals surface area contributed by atoms with Crippen LogP contribution in [-0.4, -0.2) is 27.6 Å². The van der Waals surface area contributed by atoms with Gasteiger partial charge in [0.2, 0.25) is 10.0 Å². The molecule has 5 heteroatoms. The average molecular weight is 277 g/mol. The molecule has 19 heavy (non-hydrogen) atoms. The third kappa shape index (κ3) is 3.40. The molecule has 2 rings (SSSR count). The van der Waals surface area contributed by atoms with Gasteiger partial charge in [0, 0.05) is 12.0 Å². The van der Waals surface area contributed by atoms with Gasteiger partial charge in [-0.15, -0.1) is 0 Å². The molecular formula is C14H20BNO2S. The lowest BCUT2D eigenvalue weighted by molar-refractivity contribution is 0.519. The molecule has 0 bridgehead atoms. The summed E-state index contributed by atoms with van der Waals surface area (Å²) in [5, 5.41) is -0.389. The summed E-state index contributed by atoms with van der Waals surface area (Å²) < 4.78 is 26.8. The highest BCUT2D eigenvalue weighted by molar-refractivity contribution is 7.90. The van der Waals surface area contributed by atoms with Gasteiger partial charge in [-0.3, -0.25) is 0 Å². The van der Waals surface area contributed by atoms with Gasteiger partial charge in [0.1, 0.15) is 7.85 Å². The molecule has 0 aromatic heterocycles. The van der Waals surface area contributed by atoms with Crippen LogP contribution in [0.4, 0.5) is 0 Å². The normalized spacial score (nSPS) is 23.9. The van der Waals surface area contributed by atoms with Crippen LogP contribution in [0.1, 0.15) is 44.6 Å². The van der Waals surface area contributed by atoms with Gasteiger partial charge in [0.15, 0.2) is 0 Å². The Hall–Kier alpha value is -0.805. The first kappa shape index (κ1) is 14.6. The third-order valence-electron chi connectivity index (χ3n) is 3.82. The van der Waals surface area contributed by atoms with E-state index in [9.17, 15) is 8.42 Å². The lowest BCUT2D eigenvalue weighted by atomic mass is 9.89. The van der Waals surface area contributed by atoms with Crippen LogP contribution >= 0.6 is 0 Å². The molecule has 1 aromatic carbocycles. The third-order valence-corrected chi connectivity index (χ3v) is 5.69. The van der Waals surface area contributed by atoms with Crippen LogP contribution in [0.25, 0.3) is 0 Å². The van der Waals surface area contributed by atoms with Gasteiger partial charge in [-0.2, -0.15) is 0 Å². The molecule has 1 aromatic rings. The van der Waals surface area contributed by atoms with Crippen molar-refractivity contribution in [1.82, 2.24) is 4.72 Å². The zero-order chi connectivity index (χ0) is 14.0. The number of nitrogens with one attached hydrogen (secondary N) is 1. The predicted molar refractivity (Wildman–Crippen MR) is 79.4 cm³/mol. The van der Waals surface area contributed by atoms with Crippen LogP contribution in [0.3, 0.4) is 0 Å². The summed E-state index contributed by atoms with van der Waals surface area (Å²) in [4.78, 5) is 0. The van der Waals surface area contributed by atoms with Gasteiger partial charge in [0.25, 0.3) is 0 Å². The molecule has 2 atom stereocenters. The number of hydrogen-bond acceptors (Lipinski definition) is 2. The maximum Gasteiger partial charge on any atom is 0.214 e. The Kier molecular flexibility index (Phi) is 4.36. The minimum Gasteiger partial charge on any atom is -0.212 e. The minimum absolute atomic E-state index is 0.0102. The Balaban J connectivity index is 2.15. The zero-order valence-electron chi connectivity index (χ0n) is 11.5. The van der Waals surface area contributed by atoms with Crippen LogP contribution in [0, 0.1) is 0 Å². The fourth-order valence-corrected chi connectivity index (χ4v) is 3.57. The quantitative estimate of drug-likeness (QED) is 0.847. The van der Waals surface area contributed by atoms with Crippen molar-refractivity contribution in [2.75, 3.05) is 0 Å². The fraction of sp³-hybridized carbons (Fsp3) is 0.571. The molecular weight excluding hydrogens is 257 g/mol. The molecule has 1 fully saturated rings. The van der Waals surface area contributed by atoms with E-state index in [0.717, 1.165) is 24.7 Å². The molecule has 3 nitrogen and oxygen atoms in total. The molecule has 1 N–H and O–H groups in total. The molecule has 0 aliphatic heterocycles. The number of sulfonamides is 1. The highest BCUT2D eigenvalue weighted by atomic mass is 32.2. The van der Waals surface area contributed by atoms with Crippen LogP contribution < -0.4 is 10.2 Å². The van der Waals surface area contributed by atoms with Crippen LogP contribution in [0.15, 0.2) is 24.3 Å². The van der Waals surface area contributed by atoms with Gasteiger partial charge in [-0.05, 0) is 32.3 Å². The smallest absolute Gasteiger partial charge is 0.212 e. The lowest BCUT2D eigenvalue weighted by Crippen LogP contribution is -2.40. The van der Waals surface area contributed by atoms with E-state index in [1.54, 1.807) is 13.8 Å². The van der Waals surface area contributed by atoms with Crippen molar-refractivity contribution in [3.8, 4) is 0 Å². The van der Waals surface area contributed by atoms with Gasteiger partial charge in [-0.25, -0.2) is 13.1 Å². The second kappa shape index (κ2) is 5.67. The van der Waals surface area contributed by atoms with Crippen molar-refractivity contribution in [3.05, 3.63) is 29.8 Å². The van der Waals surface area contributed by atoms with E-state index >= 15 is 0 Å². The molecule has 1 saturated carbocycles. The van der Waals surface area contributed by atoms with E-state index in [0.29, 0.717) is 0 Å². The fourth-order valence-electron chi connectivity index (χ4n) is 2.59. The number of benzene rings is 1. The molecule has 0 spiro atoms. The van der Waals surface area contributed by atoms with E-state index in [1.165, 1.54) is 5.56 Å². The first-order chi connectivity index (χ1) is 8.90. The summed E-state index contributed by atoms with van der Waals surface area (Å²) in [6.45, 7) is 3.41. The topological polar surface area (TPSA) is 46.2 Å². The SMILES string of the molecule is [B]c1ccc([C@H]2CCC[C@@H]2NS(=O)(=O)C(C)C)cc1. The average Bonchev–Trinajstić information content (AvgIpc) is 2.77. The van der Waals surface area contributed by atoms with Crippen LogP contribution in [0.5, 0.6) is 0 Å². The Bertz CT molecular complexity index is 525. The van der Waals surface area contributed by atoms with Gasteiger partial charge >= 0.3 is 0 Å². The molecule has 1 aliphatic rings. The first-order valence-corrected chi connectivity index (χ1v) is 8.31. The summed E-state index contributed by atoms with van der Waals surface area (Å²) in [7, 11) is 2.48. The van der Waals surface area contributed by atoms with Crippen molar-refractivity contribution in [1.29, 1.82) is 0 Å². The highest BCUT2D eigenvalue weighted by Gasteiger charge is 2.32. The summed E-state index contributed by atoms with van der Waals surface area (Å²) in [6, 6.07) is 7.77. The first-order valence-electron chi connectivity index (χ1n) is 6.77. The van der Waals surface area contributed by atoms with Crippen molar-refractivity contribution in [3.63, 3.8) is 0 Å². The largest absolute Gasteiger partial charge is 0.214 e. The summed E-state index contributed by atoms with van der Waals surface area (Å²) in [5.74, 6) is 0.258. The van der Waals surface area contributed by atoms with Crippen molar-refractivity contribution >= 4 is 23.3 Å². The van der Waals surface area contributed by atoms with Crippen LogP contribution in [-0.2, 0) is 10.0 Å². The molecule has 2 radical (unpaired) electrons. The minimum atomic E-state index is -3.21. The Morgan fingerprint density at radius 1 is 1.21 bits per heavy atom. The van der Waals surface area contributed by atoms with E-state index < -0.39 is 10.0 Å². The predicted octanol–water partition coefficient (Wildman–Crippen LogP) is 1.44. The van der Waals surface area contributed by atoms with Crippen molar-refractivity contribution < 1.29 is 8.42 Å². The summed E-state index contributed by atoms with van der Waals surface area (Å²) in [6.07, 6.45) is 2.98. The molecule has 0 unspecified atom stereocenters. The maximum absolute atomic E-state index is 12.0. The molecule has 0 heterocycles. The zero-order valence-corrected chi connectivity index (χ0v) is 12.3. The second-order valence-corrected chi connectivity index (χ2v) is 7.79. The lowest BCUT2D eigenvalue weighted by Gasteiger charge is -2.22. The second-order valence-electron chi connectivity index (χ2n) is 5.52. The highest BCUT2D eigenvalue weighted by Crippen LogP contribution is 2.34. The Labute approximate surface area is 117 Å². The standard InChI is InChI=1S/C14H20BNO2S/c1-10(2)19(17,18)16-14-5-3-4-13(14)11-6-8-12(15)9-7-11/h6-10,13-14,16H,3-5H2,1-2H3/t13-,14+/m1/s1. The maximum atomic E-state index is 12.0. The van der Waals surface area contributed by atoms with Gasteiger partial charge < -0.3 is 0 Å². The van der Waals surface area contributed by atoms with Crippen molar-refractivity contribution in [2.45, 2.75) is 50.3 Å². The van der Waals surface area contributed by atoms with E-state index in [4.69, 9.17) is 7.85 Å². The van der Waals surface area contributed by atoms with Gasteiger partial charge in [-0.1, -0.05) is 36.1 Å². The van der Waals surface area contributed by atoms with Gasteiger partial charge in [0.05, 0.1) is 5.25 Å². The molecule has 1 aliphatic carbocycles. The number of rotatable bonds is 4. The van der Waals surface area contributed by atoms with E-state index in [1.807, 2.05) is 24.3 Å². The molecule has 102 valence electrons. The van der Waals surface area contributed by atoms with E-state index in [2.05, 4.69) is 4.72 Å². The monoisotopic (exact) mass is 277 g/mol.